The number of carbonyl (C=O) groups excluding carboxylic acids is 2. The van der Waals surface area contributed by atoms with Gasteiger partial charge in [0.25, 0.3) is 15.9 Å². The lowest BCUT2D eigenvalue weighted by Gasteiger charge is -2.20. The van der Waals surface area contributed by atoms with E-state index in [1.54, 1.807) is 19.2 Å². The van der Waals surface area contributed by atoms with Crippen molar-refractivity contribution in [1.29, 1.82) is 0 Å². The molecule has 176 valence electrons. The number of fused-ring (bicyclic) bond motifs is 1. The monoisotopic (exact) mass is 498 g/mol. The number of amides is 1. The minimum absolute atomic E-state index is 0.000369. The van der Waals surface area contributed by atoms with Gasteiger partial charge in [-0.3, -0.25) is 9.10 Å². The Morgan fingerprint density at radius 3 is 2.50 bits per heavy atom. The molecule has 1 aliphatic heterocycles. The second-order valence-electron chi connectivity index (χ2n) is 7.91. The van der Waals surface area contributed by atoms with E-state index in [0.29, 0.717) is 18.7 Å². The maximum Gasteiger partial charge on any atom is 0.338 e. The smallest absolute Gasteiger partial charge is 0.338 e. The Morgan fingerprint density at radius 1 is 1.03 bits per heavy atom. The van der Waals surface area contributed by atoms with Crippen LogP contribution in [0, 0.1) is 0 Å². The standard InChI is InChI=1S/C25H23ClN2O5S/c1-27(16-18-7-3-2-4-8-18)24(29)17-33-25(30)20-11-12-21(26)23(15-20)34(31,32)28-14-13-19-9-5-6-10-22(19)28/h2-12,15H,13-14,16-17H2,1H3. The van der Waals surface area contributed by atoms with Gasteiger partial charge in [0.15, 0.2) is 6.61 Å². The Hall–Kier alpha value is -3.36. The van der Waals surface area contributed by atoms with Crippen LogP contribution in [0.4, 0.5) is 5.69 Å². The normalized spacial score (nSPS) is 12.8. The van der Waals surface area contributed by atoms with E-state index in [-0.39, 0.29) is 27.9 Å². The molecule has 1 amide bonds. The van der Waals surface area contributed by atoms with Gasteiger partial charge in [-0.05, 0) is 41.8 Å². The summed E-state index contributed by atoms with van der Waals surface area (Å²) in [5.74, 6) is -1.19. The molecule has 3 aromatic carbocycles. The lowest BCUT2D eigenvalue weighted by Crippen LogP contribution is -2.31. The number of anilines is 1. The molecule has 0 N–H and O–H groups in total. The molecule has 1 heterocycles. The van der Waals surface area contributed by atoms with Crippen molar-refractivity contribution in [2.75, 3.05) is 24.5 Å². The number of halogens is 1. The second kappa shape index (κ2) is 9.87. The number of rotatable bonds is 7. The van der Waals surface area contributed by atoms with E-state index in [1.807, 2.05) is 42.5 Å². The number of nitrogens with zero attached hydrogens (tertiary/aromatic N) is 2. The Labute approximate surface area is 203 Å². The van der Waals surface area contributed by atoms with Crippen LogP contribution >= 0.6 is 11.6 Å². The van der Waals surface area contributed by atoms with Crippen LogP contribution in [0.1, 0.15) is 21.5 Å². The van der Waals surface area contributed by atoms with Gasteiger partial charge in [0.1, 0.15) is 4.90 Å². The van der Waals surface area contributed by atoms with Crippen molar-refractivity contribution in [3.8, 4) is 0 Å². The number of hydrogen-bond acceptors (Lipinski definition) is 5. The number of para-hydroxylation sites is 1. The molecule has 0 radical (unpaired) electrons. The van der Waals surface area contributed by atoms with Crippen molar-refractivity contribution in [3.05, 3.63) is 94.5 Å². The number of esters is 1. The van der Waals surface area contributed by atoms with Gasteiger partial charge in [0.2, 0.25) is 0 Å². The van der Waals surface area contributed by atoms with Gasteiger partial charge in [-0.25, -0.2) is 13.2 Å². The van der Waals surface area contributed by atoms with E-state index in [0.717, 1.165) is 11.1 Å². The van der Waals surface area contributed by atoms with Crippen molar-refractivity contribution in [2.24, 2.45) is 0 Å². The van der Waals surface area contributed by atoms with Gasteiger partial charge in [-0.15, -0.1) is 0 Å². The summed E-state index contributed by atoms with van der Waals surface area (Å²) in [5.41, 5.74) is 2.46. The van der Waals surface area contributed by atoms with Crippen molar-refractivity contribution >= 4 is 39.2 Å². The highest BCUT2D eigenvalue weighted by molar-refractivity contribution is 7.93. The number of hydrogen-bond donors (Lipinski definition) is 0. The van der Waals surface area contributed by atoms with Crippen LogP contribution < -0.4 is 4.31 Å². The third-order valence-corrected chi connectivity index (χ3v) is 7.89. The molecule has 0 atom stereocenters. The third kappa shape index (κ3) is 4.93. The van der Waals surface area contributed by atoms with Crippen LogP contribution in [0.3, 0.4) is 0 Å². The SMILES string of the molecule is CN(Cc1ccccc1)C(=O)COC(=O)c1ccc(Cl)c(S(=O)(=O)N2CCc3ccccc32)c1. The maximum atomic E-state index is 13.4. The van der Waals surface area contributed by atoms with Gasteiger partial charge in [0.05, 0.1) is 16.3 Å². The first-order valence-electron chi connectivity index (χ1n) is 10.6. The first-order valence-corrected chi connectivity index (χ1v) is 12.4. The van der Waals surface area contributed by atoms with E-state index in [9.17, 15) is 18.0 Å². The molecule has 3 aromatic rings. The van der Waals surface area contributed by atoms with Crippen LogP contribution in [-0.2, 0) is 32.5 Å². The van der Waals surface area contributed by atoms with E-state index in [2.05, 4.69) is 0 Å². The van der Waals surface area contributed by atoms with Crippen LogP contribution in [0.2, 0.25) is 5.02 Å². The molecule has 0 spiro atoms. The van der Waals surface area contributed by atoms with Gasteiger partial charge >= 0.3 is 5.97 Å². The molecule has 9 heteroatoms. The molecule has 7 nitrogen and oxygen atoms in total. The first-order chi connectivity index (χ1) is 16.3. The van der Waals surface area contributed by atoms with E-state index in [1.165, 1.54) is 27.4 Å². The Balaban J connectivity index is 1.46. The van der Waals surface area contributed by atoms with Crippen LogP contribution in [0.15, 0.2) is 77.7 Å². The third-order valence-electron chi connectivity index (χ3n) is 5.59. The maximum absolute atomic E-state index is 13.4. The molecule has 0 unspecified atom stereocenters. The average Bonchev–Trinajstić information content (AvgIpc) is 3.28. The fourth-order valence-corrected chi connectivity index (χ4v) is 5.78. The highest BCUT2D eigenvalue weighted by atomic mass is 35.5. The summed E-state index contributed by atoms with van der Waals surface area (Å²) in [4.78, 5) is 26.2. The molecule has 0 aliphatic carbocycles. The summed E-state index contributed by atoms with van der Waals surface area (Å²) >= 11 is 6.22. The fourth-order valence-electron chi connectivity index (χ4n) is 3.77. The molecule has 0 saturated heterocycles. The summed E-state index contributed by atoms with van der Waals surface area (Å²) in [7, 11) is -2.38. The summed E-state index contributed by atoms with van der Waals surface area (Å²) in [6, 6.07) is 20.6. The number of ether oxygens (including phenoxy) is 1. The minimum atomic E-state index is -4.00. The van der Waals surface area contributed by atoms with Crippen molar-refractivity contribution in [2.45, 2.75) is 17.9 Å². The van der Waals surface area contributed by atoms with Crippen LogP contribution in [0.25, 0.3) is 0 Å². The topological polar surface area (TPSA) is 84.0 Å². The minimum Gasteiger partial charge on any atom is -0.452 e. The number of carbonyl (C=O) groups is 2. The summed E-state index contributed by atoms with van der Waals surface area (Å²) in [6.07, 6.45) is 0.591. The Morgan fingerprint density at radius 2 is 1.74 bits per heavy atom. The zero-order chi connectivity index (χ0) is 24.3. The zero-order valence-corrected chi connectivity index (χ0v) is 20.1. The second-order valence-corrected chi connectivity index (χ2v) is 10.2. The highest BCUT2D eigenvalue weighted by Gasteiger charge is 2.32. The first kappa shape index (κ1) is 23.8. The number of likely N-dealkylation sites (N-methyl/N-ethyl adjacent to an activating group) is 1. The predicted octanol–water partition coefficient (Wildman–Crippen LogP) is 3.91. The zero-order valence-electron chi connectivity index (χ0n) is 18.5. The van der Waals surface area contributed by atoms with Crippen molar-refractivity contribution in [1.82, 2.24) is 4.90 Å². The van der Waals surface area contributed by atoms with E-state index < -0.39 is 22.6 Å². The van der Waals surface area contributed by atoms with Crippen LogP contribution in [0.5, 0.6) is 0 Å². The molecule has 4 rings (SSSR count). The summed E-state index contributed by atoms with van der Waals surface area (Å²) in [5, 5.41) is -0.000369. The molecule has 0 fully saturated rings. The number of sulfonamides is 1. The molecular formula is C25H23ClN2O5S. The average molecular weight is 499 g/mol. The molecule has 0 bridgehead atoms. The summed E-state index contributed by atoms with van der Waals surface area (Å²) < 4.78 is 33.1. The largest absolute Gasteiger partial charge is 0.452 e. The molecule has 0 aromatic heterocycles. The lowest BCUT2D eigenvalue weighted by molar-refractivity contribution is -0.133. The molecule has 34 heavy (non-hydrogen) atoms. The van der Waals surface area contributed by atoms with Crippen molar-refractivity contribution in [3.63, 3.8) is 0 Å². The molecule has 1 aliphatic rings. The fraction of sp³-hybridized carbons (Fsp3) is 0.200. The van der Waals surface area contributed by atoms with E-state index in [4.69, 9.17) is 16.3 Å². The van der Waals surface area contributed by atoms with Crippen molar-refractivity contribution < 1.29 is 22.7 Å². The van der Waals surface area contributed by atoms with Gasteiger partial charge in [-0.2, -0.15) is 0 Å². The van der Waals surface area contributed by atoms with Crippen LogP contribution in [-0.4, -0.2) is 45.4 Å². The van der Waals surface area contributed by atoms with E-state index >= 15 is 0 Å². The summed E-state index contributed by atoms with van der Waals surface area (Å²) in [6.45, 7) is 0.194. The molecule has 0 saturated carbocycles. The predicted molar refractivity (Wildman–Crippen MR) is 129 cm³/mol. The molecular weight excluding hydrogens is 476 g/mol. The number of benzene rings is 3. The quantitative estimate of drug-likeness (QED) is 0.461. The lowest BCUT2D eigenvalue weighted by atomic mass is 10.2. The Kier molecular flexibility index (Phi) is 6.90. The van der Waals surface area contributed by atoms with Gasteiger partial charge in [0, 0.05) is 20.1 Å². The van der Waals surface area contributed by atoms with Gasteiger partial charge < -0.3 is 9.64 Å². The Bertz CT molecular complexity index is 1330. The highest BCUT2D eigenvalue weighted by Crippen LogP contribution is 2.35. The van der Waals surface area contributed by atoms with Gasteiger partial charge in [-0.1, -0.05) is 60.1 Å².